The van der Waals surface area contributed by atoms with Crippen LogP contribution in [0.25, 0.3) is 0 Å². The third kappa shape index (κ3) is 2.81. The van der Waals surface area contributed by atoms with Crippen LogP contribution in [0, 0.1) is 0 Å². The van der Waals surface area contributed by atoms with Crippen molar-refractivity contribution in [3.63, 3.8) is 0 Å². The molecule has 0 radical (unpaired) electrons. The zero-order valence-corrected chi connectivity index (χ0v) is 10.3. The molecule has 1 aromatic heterocycles. The summed E-state index contributed by atoms with van der Waals surface area (Å²) < 4.78 is 31.1. The number of H-pyrrole nitrogens is 1. The molecule has 0 spiro atoms. The zero-order valence-electron chi connectivity index (χ0n) is 9.49. The van der Waals surface area contributed by atoms with E-state index in [0.29, 0.717) is 5.75 Å². The van der Waals surface area contributed by atoms with E-state index in [1.54, 1.807) is 12.1 Å². The lowest BCUT2D eigenvalue weighted by Crippen LogP contribution is -2.23. The number of nitrogens with zero attached hydrogens (tertiary/aromatic N) is 3. The Morgan fingerprint density at radius 3 is 2.61 bits per heavy atom. The van der Waals surface area contributed by atoms with Crippen LogP contribution in [0.15, 0.2) is 29.2 Å². The second-order valence-electron chi connectivity index (χ2n) is 3.33. The number of nitrogens with one attached hydrogen (secondary N) is 2. The van der Waals surface area contributed by atoms with Gasteiger partial charge in [0.1, 0.15) is 5.75 Å². The van der Waals surface area contributed by atoms with Crippen LogP contribution in [0.2, 0.25) is 0 Å². The lowest BCUT2D eigenvalue weighted by atomic mass is 10.3. The molecule has 2 aromatic rings. The standard InChI is InChI=1S/C9H11N5O3S/c1-17-7-2-4-8(5-3-7)18(15,16)10-6-9-11-13-14-12-9/h2-5,10H,6H2,1H3,(H,11,12,13,14). The quantitative estimate of drug-likeness (QED) is 0.770. The minimum Gasteiger partial charge on any atom is -0.497 e. The lowest BCUT2D eigenvalue weighted by Gasteiger charge is -2.05. The summed E-state index contributed by atoms with van der Waals surface area (Å²) in [4.78, 5) is 0.145. The average Bonchev–Trinajstić information content (AvgIpc) is 2.90. The Hall–Kier alpha value is -2.00. The normalized spacial score (nSPS) is 11.4. The number of ether oxygens (including phenoxy) is 1. The Balaban J connectivity index is 2.09. The number of methoxy groups -OCH3 is 1. The Morgan fingerprint density at radius 2 is 2.06 bits per heavy atom. The number of hydrogen-bond acceptors (Lipinski definition) is 6. The lowest BCUT2D eigenvalue weighted by molar-refractivity contribution is 0.414. The van der Waals surface area contributed by atoms with Crippen LogP contribution in [-0.4, -0.2) is 36.2 Å². The Morgan fingerprint density at radius 1 is 1.33 bits per heavy atom. The molecule has 0 saturated carbocycles. The fourth-order valence-electron chi connectivity index (χ4n) is 1.26. The van der Waals surface area contributed by atoms with E-state index in [-0.39, 0.29) is 17.3 Å². The molecule has 2 rings (SSSR count). The van der Waals surface area contributed by atoms with Crippen molar-refractivity contribution < 1.29 is 13.2 Å². The molecular weight excluding hydrogens is 258 g/mol. The van der Waals surface area contributed by atoms with Crippen molar-refractivity contribution in [1.29, 1.82) is 0 Å². The van der Waals surface area contributed by atoms with Crippen LogP contribution < -0.4 is 9.46 Å². The predicted octanol–water partition coefficient (Wildman–Crippen LogP) is -0.313. The fourth-order valence-corrected chi connectivity index (χ4v) is 2.24. The molecule has 0 bridgehead atoms. The van der Waals surface area contributed by atoms with Gasteiger partial charge in [-0.05, 0) is 24.3 Å². The molecule has 0 amide bonds. The van der Waals surface area contributed by atoms with Crippen LogP contribution in [-0.2, 0) is 16.6 Å². The number of aromatic nitrogens is 4. The van der Waals surface area contributed by atoms with E-state index in [4.69, 9.17) is 4.74 Å². The summed E-state index contributed by atoms with van der Waals surface area (Å²) in [5.41, 5.74) is 0. The van der Waals surface area contributed by atoms with E-state index in [0.717, 1.165) is 0 Å². The van der Waals surface area contributed by atoms with Crippen molar-refractivity contribution in [3.05, 3.63) is 30.1 Å². The van der Waals surface area contributed by atoms with Crippen LogP contribution in [0.1, 0.15) is 5.82 Å². The van der Waals surface area contributed by atoms with E-state index in [2.05, 4.69) is 25.3 Å². The molecule has 1 heterocycles. The number of aromatic amines is 1. The second-order valence-corrected chi connectivity index (χ2v) is 5.10. The first kappa shape index (κ1) is 12.5. The van der Waals surface area contributed by atoms with Gasteiger partial charge in [-0.1, -0.05) is 5.21 Å². The third-order valence-corrected chi connectivity index (χ3v) is 3.60. The third-order valence-electron chi connectivity index (χ3n) is 2.18. The smallest absolute Gasteiger partial charge is 0.240 e. The summed E-state index contributed by atoms with van der Waals surface area (Å²) in [6, 6.07) is 6.06. The van der Waals surface area contributed by atoms with Crippen LogP contribution in [0.3, 0.4) is 0 Å². The molecule has 0 aliphatic heterocycles. The highest BCUT2D eigenvalue weighted by Gasteiger charge is 2.14. The van der Waals surface area contributed by atoms with Gasteiger partial charge in [0, 0.05) is 0 Å². The Kier molecular flexibility index (Phi) is 3.53. The van der Waals surface area contributed by atoms with E-state index in [1.165, 1.54) is 19.2 Å². The Labute approximate surface area is 103 Å². The molecule has 0 saturated heterocycles. The predicted molar refractivity (Wildman–Crippen MR) is 61.2 cm³/mol. The van der Waals surface area contributed by atoms with Crippen molar-refractivity contribution in [1.82, 2.24) is 25.3 Å². The highest BCUT2D eigenvalue weighted by Crippen LogP contribution is 2.15. The summed E-state index contributed by atoms with van der Waals surface area (Å²) >= 11 is 0. The van der Waals surface area contributed by atoms with E-state index >= 15 is 0 Å². The number of tetrazole rings is 1. The monoisotopic (exact) mass is 269 g/mol. The van der Waals surface area contributed by atoms with Gasteiger partial charge in [0.15, 0.2) is 5.82 Å². The molecule has 0 unspecified atom stereocenters. The van der Waals surface area contributed by atoms with Crippen LogP contribution >= 0.6 is 0 Å². The average molecular weight is 269 g/mol. The number of rotatable bonds is 5. The van der Waals surface area contributed by atoms with Crippen molar-refractivity contribution in [2.45, 2.75) is 11.4 Å². The summed E-state index contributed by atoms with van der Waals surface area (Å²) in [6.07, 6.45) is 0. The van der Waals surface area contributed by atoms with Crippen molar-refractivity contribution >= 4 is 10.0 Å². The fraction of sp³-hybridized carbons (Fsp3) is 0.222. The first-order valence-electron chi connectivity index (χ1n) is 4.98. The van der Waals surface area contributed by atoms with Crippen LogP contribution in [0.4, 0.5) is 0 Å². The second kappa shape index (κ2) is 5.10. The largest absolute Gasteiger partial charge is 0.497 e. The van der Waals surface area contributed by atoms with E-state index in [9.17, 15) is 8.42 Å². The van der Waals surface area contributed by atoms with Crippen molar-refractivity contribution in [3.8, 4) is 5.75 Å². The Bertz CT molecular complexity index is 594. The molecule has 0 fully saturated rings. The highest BCUT2D eigenvalue weighted by molar-refractivity contribution is 7.89. The number of hydrogen-bond donors (Lipinski definition) is 2. The SMILES string of the molecule is COc1ccc(S(=O)(=O)NCc2nn[nH]n2)cc1. The molecule has 0 atom stereocenters. The van der Waals surface area contributed by atoms with E-state index < -0.39 is 10.0 Å². The van der Waals surface area contributed by atoms with Crippen molar-refractivity contribution in [2.24, 2.45) is 0 Å². The maximum atomic E-state index is 11.9. The summed E-state index contributed by atoms with van der Waals surface area (Å²) in [5.74, 6) is 0.860. The topological polar surface area (TPSA) is 110 Å². The first-order chi connectivity index (χ1) is 8.62. The van der Waals surface area contributed by atoms with Gasteiger partial charge in [0.05, 0.1) is 18.6 Å². The highest BCUT2D eigenvalue weighted by atomic mass is 32.2. The van der Waals surface area contributed by atoms with Gasteiger partial charge >= 0.3 is 0 Å². The molecule has 2 N–H and O–H groups in total. The van der Waals surface area contributed by atoms with E-state index in [1.807, 2.05) is 0 Å². The van der Waals surface area contributed by atoms with Gasteiger partial charge in [-0.2, -0.15) is 5.21 Å². The zero-order chi connectivity index (χ0) is 13.0. The maximum absolute atomic E-state index is 11.9. The first-order valence-corrected chi connectivity index (χ1v) is 6.46. The molecule has 0 aliphatic carbocycles. The van der Waals surface area contributed by atoms with Gasteiger partial charge in [0.25, 0.3) is 0 Å². The molecule has 9 heteroatoms. The van der Waals surface area contributed by atoms with Gasteiger partial charge in [-0.3, -0.25) is 0 Å². The molecule has 1 aromatic carbocycles. The molecule has 8 nitrogen and oxygen atoms in total. The molecule has 18 heavy (non-hydrogen) atoms. The summed E-state index contributed by atoms with van der Waals surface area (Å²) in [7, 11) is -2.08. The van der Waals surface area contributed by atoms with Crippen LogP contribution in [0.5, 0.6) is 5.75 Å². The number of sulfonamides is 1. The van der Waals surface area contributed by atoms with Gasteiger partial charge in [0.2, 0.25) is 10.0 Å². The minimum atomic E-state index is -3.59. The molecule has 96 valence electrons. The van der Waals surface area contributed by atoms with Gasteiger partial charge in [-0.15, -0.1) is 10.2 Å². The summed E-state index contributed by atoms with van der Waals surface area (Å²) in [6.45, 7) is -0.0230. The van der Waals surface area contributed by atoms with Gasteiger partial charge in [-0.25, -0.2) is 13.1 Å². The number of benzene rings is 1. The molecule has 0 aliphatic rings. The maximum Gasteiger partial charge on any atom is 0.240 e. The minimum absolute atomic E-state index is 0.0230. The summed E-state index contributed by atoms with van der Waals surface area (Å²) in [5, 5.41) is 12.9. The van der Waals surface area contributed by atoms with Gasteiger partial charge < -0.3 is 4.74 Å². The molecular formula is C9H11N5O3S. The van der Waals surface area contributed by atoms with Crippen molar-refractivity contribution in [2.75, 3.05) is 7.11 Å².